The van der Waals surface area contributed by atoms with E-state index in [1.807, 2.05) is 22.7 Å². The third-order valence-corrected chi connectivity index (χ3v) is 13.3. The van der Waals surface area contributed by atoms with Gasteiger partial charge in [-0.15, -0.1) is 22.7 Å². The summed E-state index contributed by atoms with van der Waals surface area (Å²) in [4.78, 5) is 7.25. The van der Waals surface area contributed by atoms with Gasteiger partial charge in [-0.1, -0.05) is 121 Å². The fourth-order valence-corrected chi connectivity index (χ4v) is 10.8. The van der Waals surface area contributed by atoms with E-state index in [9.17, 15) is 0 Å². The lowest BCUT2D eigenvalue weighted by Gasteiger charge is -2.30. The minimum atomic E-state index is 1.11. The zero-order valence-corrected chi connectivity index (χ0v) is 33.7. The highest BCUT2D eigenvalue weighted by molar-refractivity contribution is 7.26. The van der Waals surface area contributed by atoms with Crippen LogP contribution in [0.3, 0.4) is 0 Å². The molecule has 0 aliphatic rings. The summed E-state index contributed by atoms with van der Waals surface area (Å²) >= 11 is 3.72. The Hall–Kier alpha value is -7.18. The molecule has 59 heavy (non-hydrogen) atoms. The Bertz CT molecular complexity index is 3140. The summed E-state index contributed by atoms with van der Waals surface area (Å²) in [6, 6.07) is 80.9. The Labute approximate surface area is 351 Å². The van der Waals surface area contributed by atoms with E-state index < -0.39 is 0 Å². The van der Waals surface area contributed by atoms with Gasteiger partial charge in [-0.2, -0.15) is 0 Å². The van der Waals surface area contributed by atoms with Crippen LogP contribution in [0.5, 0.6) is 0 Å². The van der Waals surface area contributed by atoms with Crippen molar-refractivity contribution in [3.05, 3.63) is 224 Å². The van der Waals surface area contributed by atoms with Gasteiger partial charge in [-0.25, -0.2) is 0 Å². The second-order valence-electron chi connectivity index (χ2n) is 14.5. The first-order valence-electron chi connectivity index (χ1n) is 19.9. The smallest absolute Gasteiger partial charge is 0.0641 e. The Morgan fingerprint density at radius 3 is 1.31 bits per heavy atom. The van der Waals surface area contributed by atoms with Gasteiger partial charge < -0.3 is 14.7 Å². The topological polar surface area (TPSA) is 9.72 Å². The van der Waals surface area contributed by atoms with Crippen molar-refractivity contribution >= 4 is 114 Å². The van der Waals surface area contributed by atoms with Gasteiger partial charge >= 0.3 is 0 Å². The molecule has 0 saturated carbocycles. The highest BCUT2D eigenvalue weighted by Crippen LogP contribution is 2.53. The van der Waals surface area contributed by atoms with Gasteiger partial charge in [-0.05, 0) is 103 Å². The summed E-state index contributed by atoms with van der Waals surface area (Å²) in [6.07, 6.45) is 0. The Morgan fingerprint density at radius 1 is 0.254 bits per heavy atom. The van der Waals surface area contributed by atoms with E-state index in [0.29, 0.717) is 0 Å². The summed E-state index contributed by atoms with van der Waals surface area (Å²) in [5, 5.41) is 4.99. The van der Waals surface area contributed by atoms with Crippen molar-refractivity contribution in [1.82, 2.24) is 0 Å². The maximum absolute atomic E-state index is 2.49. The fourth-order valence-electron chi connectivity index (χ4n) is 8.45. The van der Waals surface area contributed by atoms with Gasteiger partial charge in [0.2, 0.25) is 0 Å². The minimum Gasteiger partial charge on any atom is -0.310 e. The molecule has 11 rings (SSSR count). The van der Waals surface area contributed by atoms with Crippen molar-refractivity contribution in [2.45, 2.75) is 0 Å². The molecular weight excluding hydrogens is 755 g/mol. The second-order valence-corrected chi connectivity index (χ2v) is 16.7. The molecule has 2 aromatic heterocycles. The van der Waals surface area contributed by atoms with Gasteiger partial charge in [-0.3, -0.25) is 0 Å². The predicted molar refractivity (Wildman–Crippen MR) is 256 cm³/mol. The van der Waals surface area contributed by atoms with Crippen LogP contribution in [0, 0.1) is 0 Å². The van der Waals surface area contributed by atoms with Crippen molar-refractivity contribution in [3.63, 3.8) is 0 Å². The molecule has 0 spiro atoms. The Morgan fingerprint density at radius 2 is 0.712 bits per heavy atom. The minimum absolute atomic E-state index is 1.11. The molecule has 0 bridgehead atoms. The molecule has 0 aliphatic carbocycles. The van der Waals surface area contributed by atoms with E-state index in [4.69, 9.17) is 0 Å². The van der Waals surface area contributed by atoms with Crippen LogP contribution >= 0.6 is 22.7 Å². The van der Waals surface area contributed by atoms with E-state index in [0.717, 1.165) is 45.5 Å². The molecule has 5 heteroatoms. The van der Waals surface area contributed by atoms with Crippen molar-refractivity contribution in [2.24, 2.45) is 0 Å². The lowest BCUT2D eigenvalue weighted by Crippen LogP contribution is -2.13. The maximum atomic E-state index is 2.49. The Kier molecular flexibility index (Phi) is 8.88. The summed E-state index contributed by atoms with van der Waals surface area (Å²) in [5.41, 5.74) is 10.1. The number of hydrogen-bond donors (Lipinski definition) is 0. The number of fused-ring (bicyclic) bond motifs is 6. The number of para-hydroxylation sites is 5. The third kappa shape index (κ3) is 6.20. The first-order chi connectivity index (χ1) is 29.3. The van der Waals surface area contributed by atoms with Gasteiger partial charge in [0.25, 0.3) is 0 Å². The van der Waals surface area contributed by atoms with E-state index in [1.54, 1.807) is 0 Å². The largest absolute Gasteiger partial charge is 0.310 e. The molecule has 0 amide bonds. The molecule has 0 saturated heterocycles. The average molecular weight is 792 g/mol. The first kappa shape index (κ1) is 35.0. The van der Waals surface area contributed by atoms with Crippen LogP contribution in [0.4, 0.5) is 51.2 Å². The van der Waals surface area contributed by atoms with Crippen LogP contribution in [0.25, 0.3) is 40.3 Å². The maximum Gasteiger partial charge on any atom is 0.0641 e. The first-order valence-corrected chi connectivity index (χ1v) is 21.5. The SMILES string of the molecule is c1ccc(N(c2ccccc2)c2ccc3c(c2)sc2c(N(c4ccccc4)c4ccccc4)ccc(N(c4ccccc4)c4cccc5sc6ccccc6c45)c23)cc1. The molecule has 0 unspecified atom stereocenters. The van der Waals surface area contributed by atoms with Gasteiger partial charge in [0.05, 0.1) is 21.8 Å². The fraction of sp³-hybridized carbons (Fsp3) is 0. The summed E-state index contributed by atoms with van der Waals surface area (Å²) in [5.74, 6) is 0. The van der Waals surface area contributed by atoms with Crippen LogP contribution in [0.1, 0.15) is 0 Å². The van der Waals surface area contributed by atoms with Gasteiger partial charge in [0.15, 0.2) is 0 Å². The van der Waals surface area contributed by atoms with Crippen LogP contribution < -0.4 is 14.7 Å². The number of benzene rings is 9. The number of anilines is 9. The molecule has 0 fully saturated rings. The predicted octanol–water partition coefficient (Wildman–Crippen LogP) is 16.8. The number of nitrogens with zero attached hydrogens (tertiary/aromatic N) is 3. The zero-order valence-electron chi connectivity index (χ0n) is 32.0. The lowest BCUT2D eigenvalue weighted by molar-refractivity contribution is 1.29. The zero-order chi connectivity index (χ0) is 39.1. The number of hydrogen-bond acceptors (Lipinski definition) is 5. The second kappa shape index (κ2) is 15.0. The molecule has 280 valence electrons. The molecule has 2 heterocycles. The van der Waals surface area contributed by atoms with Gasteiger partial charge in [0, 0.05) is 69.8 Å². The van der Waals surface area contributed by atoms with E-state index in [-0.39, 0.29) is 0 Å². The molecule has 3 nitrogen and oxygen atoms in total. The summed E-state index contributed by atoms with van der Waals surface area (Å²) in [6.45, 7) is 0. The Balaban J connectivity index is 1.22. The van der Waals surface area contributed by atoms with Crippen LogP contribution in [-0.4, -0.2) is 0 Å². The molecule has 0 aliphatic heterocycles. The van der Waals surface area contributed by atoms with E-state index >= 15 is 0 Å². The van der Waals surface area contributed by atoms with Gasteiger partial charge in [0.1, 0.15) is 0 Å². The average Bonchev–Trinajstić information content (AvgIpc) is 3.89. The van der Waals surface area contributed by atoms with Crippen molar-refractivity contribution in [2.75, 3.05) is 14.7 Å². The lowest BCUT2D eigenvalue weighted by atomic mass is 10.0. The molecule has 9 aromatic carbocycles. The quantitative estimate of drug-likeness (QED) is 0.144. The third-order valence-electron chi connectivity index (χ3n) is 11.0. The van der Waals surface area contributed by atoms with Crippen molar-refractivity contribution in [3.8, 4) is 0 Å². The standard InChI is InChI=1S/C54H37N3S2/c1-6-19-38(20-7-1)55(39-21-8-2-9-22-39)43-33-34-45-51(37-43)59-54-48(56(40-23-10-3-11-24-40)41-25-12-4-13-26-41)36-35-47(53(45)54)57(42-27-14-5-15-28-42)46-30-18-32-50-52(46)44-29-16-17-31-49(44)58-50/h1-37H. The summed E-state index contributed by atoms with van der Waals surface area (Å²) < 4.78 is 5.01. The molecule has 11 aromatic rings. The molecule has 0 N–H and O–H groups in total. The molecule has 0 radical (unpaired) electrons. The van der Waals surface area contributed by atoms with Crippen LogP contribution in [0.15, 0.2) is 224 Å². The summed E-state index contributed by atoms with van der Waals surface area (Å²) in [7, 11) is 0. The van der Waals surface area contributed by atoms with E-state index in [1.165, 1.54) is 46.0 Å². The van der Waals surface area contributed by atoms with E-state index in [2.05, 4.69) is 239 Å². The highest BCUT2D eigenvalue weighted by atomic mass is 32.1. The normalized spacial score (nSPS) is 11.4. The highest BCUT2D eigenvalue weighted by Gasteiger charge is 2.26. The molecular formula is C54H37N3S2. The monoisotopic (exact) mass is 791 g/mol. The van der Waals surface area contributed by atoms with Crippen LogP contribution in [0.2, 0.25) is 0 Å². The molecule has 0 atom stereocenters. The number of rotatable bonds is 9. The van der Waals surface area contributed by atoms with Crippen molar-refractivity contribution in [1.29, 1.82) is 0 Å². The van der Waals surface area contributed by atoms with Crippen molar-refractivity contribution < 1.29 is 0 Å². The number of thiophene rings is 2. The van der Waals surface area contributed by atoms with Crippen LogP contribution in [-0.2, 0) is 0 Å².